The molecular weight excluding hydrogens is 254 g/mol. The van der Waals surface area contributed by atoms with Crippen LogP contribution in [-0.4, -0.2) is 23.0 Å². The first-order valence-corrected chi connectivity index (χ1v) is 6.76. The molecule has 0 spiro atoms. The molecule has 20 heavy (non-hydrogen) atoms. The average Bonchev–Trinajstić information content (AvgIpc) is 2.42. The highest BCUT2D eigenvalue weighted by Gasteiger charge is 2.14. The Hall–Kier alpha value is -2.10. The van der Waals surface area contributed by atoms with Gasteiger partial charge in [-0.15, -0.1) is 0 Å². The Morgan fingerprint density at radius 1 is 1.25 bits per heavy atom. The number of rotatable bonds is 6. The molecule has 0 saturated carbocycles. The number of carboxylic acids is 1. The maximum atomic E-state index is 12.1. The van der Waals surface area contributed by atoms with E-state index < -0.39 is 5.97 Å². The van der Waals surface area contributed by atoms with Crippen molar-refractivity contribution in [3.8, 4) is 0 Å². The zero-order valence-corrected chi connectivity index (χ0v) is 12.1. The molecule has 4 heteroatoms. The van der Waals surface area contributed by atoms with E-state index in [4.69, 9.17) is 5.11 Å². The minimum Gasteiger partial charge on any atom is -0.478 e. The average molecular weight is 275 g/mol. The largest absolute Gasteiger partial charge is 0.478 e. The molecule has 2 N–H and O–H groups in total. The van der Waals surface area contributed by atoms with Gasteiger partial charge in [-0.2, -0.15) is 0 Å². The molecule has 1 unspecified atom stereocenters. The molecule has 0 radical (unpaired) electrons. The SMILES string of the molecule is CCC(NC(=O)c1ccc(C=CC(=O)O)cc1)C(C)C. The van der Waals surface area contributed by atoms with E-state index in [0.29, 0.717) is 11.5 Å². The molecule has 1 atom stereocenters. The molecule has 0 heterocycles. The summed E-state index contributed by atoms with van der Waals surface area (Å²) in [4.78, 5) is 22.5. The molecule has 0 bridgehead atoms. The highest BCUT2D eigenvalue weighted by Crippen LogP contribution is 2.09. The van der Waals surface area contributed by atoms with Gasteiger partial charge >= 0.3 is 5.97 Å². The second-order valence-electron chi connectivity index (χ2n) is 5.03. The maximum Gasteiger partial charge on any atom is 0.328 e. The standard InChI is InChI=1S/C16H21NO3/c1-4-14(11(2)3)17-16(20)13-8-5-12(6-9-13)7-10-15(18)19/h5-11,14H,4H2,1-3H3,(H,17,20)(H,18,19). The van der Waals surface area contributed by atoms with Crippen LogP contribution in [0.25, 0.3) is 6.08 Å². The summed E-state index contributed by atoms with van der Waals surface area (Å²) in [6, 6.07) is 7.01. The first-order chi connectivity index (χ1) is 9.43. The summed E-state index contributed by atoms with van der Waals surface area (Å²) in [6.45, 7) is 6.20. The van der Waals surface area contributed by atoms with E-state index in [-0.39, 0.29) is 11.9 Å². The molecule has 0 aliphatic carbocycles. The van der Waals surface area contributed by atoms with Crippen LogP contribution in [0.4, 0.5) is 0 Å². The number of aliphatic carboxylic acids is 1. The molecule has 0 saturated heterocycles. The van der Waals surface area contributed by atoms with E-state index >= 15 is 0 Å². The Kier molecular flexibility index (Phi) is 5.97. The first kappa shape index (κ1) is 16.0. The van der Waals surface area contributed by atoms with Crippen LogP contribution in [0, 0.1) is 5.92 Å². The molecular formula is C16H21NO3. The molecule has 0 aliphatic rings. The Morgan fingerprint density at radius 3 is 2.30 bits per heavy atom. The molecule has 0 aromatic heterocycles. The van der Waals surface area contributed by atoms with Gasteiger partial charge in [-0.3, -0.25) is 4.79 Å². The number of carboxylic acid groups (broad SMARTS) is 1. The molecule has 1 aromatic rings. The van der Waals surface area contributed by atoms with Crippen molar-refractivity contribution in [2.75, 3.05) is 0 Å². The summed E-state index contributed by atoms with van der Waals surface area (Å²) in [5.41, 5.74) is 1.33. The lowest BCUT2D eigenvalue weighted by Gasteiger charge is -2.20. The molecule has 0 fully saturated rings. The Labute approximate surface area is 119 Å². The number of benzene rings is 1. The zero-order valence-electron chi connectivity index (χ0n) is 12.1. The number of carbonyl (C=O) groups is 2. The van der Waals surface area contributed by atoms with Crippen molar-refractivity contribution in [2.24, 2.45) is 5.92 Å². The van der Waals surface area contributed by atoms with E-state index in [9.17, 15) is 9.59 Å². The smallest absolute Gasteiger partial charge is 0.328 e. The van der Waals surface area contributed by atoms with Crippen molar-refractivity contribution in [1.82, 2.24) is 5.32 Å². The van der Waals surface area contributed by atoms with E-state index in [2.05, 4.69) is 19.2 Å². The van der Waals surface area contributed by atoms with Crippen LogP contribution in [-0.2, 0) is 4.79 Å². The van der Waals surface area contributed by atoms with E-state index in [1.54, 1.807) is 24.3 Å². The Balaban J connectivity index is 2.73. The summed E-state index contributed by atoms with van der Waals surface area (Å²) < 4.78 is 0. The third-order valence-corrected chi connectivity index (χ3v) is 3.15. The lowest BCUT2D eigenvalue weighted by molar-refractivity contribution is -0.131. The highest BCUT2D eigenvalue weighted by atomic mass is 16.4. The molecule has 4 nitrogen and oxygen atoms in total. The third kappa shape index (κ3) is 4.88. The van der Waals surface area contributed by atoms with Crippen LogP contribution < -0.4 is 5.32 Å². The van der Waals surface area contributed by atoms with Crippen LogP contribution in [0.3, 0.4) is 0 Å². The number of nitrogens with one attached hydrogen (secondary N) is 1. The van der Waals surface area contributed by atoms with Crippen molar-refractivity contribution >= 4 is 18.0 Å². The number of hydrogen-bond donors (Lipinski definition) is 2. The molecule has 1 amide bonds. The molecule has 108 valence electrons. The van der Waals surface area contributed by atoms with Crippen molar-refractivity contribution in [3.63, 3.8) is 0 Å². The lowest BCUT2D eigenvalue weighted by Crippen LogP contribution is -2.37. The number of carbonyl (C=O) groups excluding carboxylic acids is 1. The Bertz CT molecular complexity index is 489. The summed E-state index contributed by atoms with van der Waals surface area (Å²) in [5, 5.41) is 11.5. The van der Waals surface area contributed by atoms with Crippen LogP contribution in [0.5, 0.6) is 0 Å². The molecule has 0 aliphatic heterocycles. The predicted octanol–water partition coefficient (Wildman–Crippen LogP) is 2.95. The van der Waals surface area contributed by atoms with Crippen molar-refractivity contribution < 1.29 is 14.7 Å². The fourth-order valence-corrected chi connectivity index (χ4v) is 1.90. The summed E-state index contributed by atoms with van der Waals surface area (Å²) in [7, 11) is 0. The van der Waals surface area contributed by atoms with Gasteiger partial charge in [0.2, 0.25) is 0 Å². The van der Waals surface area contributed by atoms with Crippen molar-refractivity contribution in [3.05, 3.63) is 41.5 Å². The zero-order chi connectivity index (χ0) is 15.1. The van der Waals surface area contributed by atoms with E-state index in [1.165, 1.54) is 6.08 Å². The van der Waals surface area contributed by atoms with Gasteiger partial charge in [-0.05, 0) is 36.1 Å². The van der Waals surface area contributed by atoms with Gasteiger partial charge < -0.3 is 10.4 Å². The van der Waals surface area contributed by atoms with E-state index in [0.717, 1.165) is 18.1 Å². The molecule has 1 rings (SSSR count). The first-order valence-electron chi connectivity index (χ1n) is 6.76. The predicted molar refractivity (Wildman–Crippen MR) is 79.5 cm³/mol. The second-order valence-corrected chi connectivity index (χ2v) is 5.03. The van der Waals surface area contributed by atoms with Crippen molar-refractivity contribution in [1.29, 1.82) is 0 Å². The molecule has 1 aromatic carbocycles. The monoisotopic (exact) mass is 275 g/mol. The second kappa shape index (κ2) is 7.48. The minimum absolute atomic E-state index is 0.0979. The van der Waals surface area contributed by atoms with Gasteiger partial charge in [0.05, 0.1) is 0 Å². The minimum atomic E-state index is -0.991. The fourth-order valence-electron chi connectivity index (χ4n) is 1.90. The van der Waals surface area contributed by atoms with Crippen LogP contribution >= 0.6 is 0 Å². The lowest BCUT2D eigenvalue weighted by atomic mass is 10.0. The van der Waals surface area contributed by atoms with Gasteiger partial charge in [0.25, 0.3) is 5.91 Å². The van der Waals surface area contributed by atoms with Gasteiger partial charge in [0, 0.05) is 17.7 Å². The third-order valence-electron chi connectivity index (χ3n) is 3.15. The quantitative estimate of drug-likeness (QED) is 0.784. The van der Waals surface area contributed by atoms with Gasteiger partial charge in [0.1, 0.15) is 0 Å². The maximum absolute atomic E-state index is 12.1. The topological polar surface area (TPSA) is 66.4 Å². The normalized spacial score (nSPS) is 12.6. The summed E-state index contributed by atoms with van der Waals surface area (Å²) >= 11 is 0. The fraction of sp³-hybridized carbons (Fsp3) is 0.375. The van der Waals surface area contributed by atoms with Crippen LogP contribution in [0.1, 0.15) is 43.1 Å². The number of amides is 1. The Morgan fingerprint density at radius 2 is 1.85 bits per heavy atom. The van der Waals surface area contributed by atoms with Gasteiger partial charge in [-0.25, -0.2) is 4.79 Å². The van der Waals surface area contributed by atoms with Gasteiger partial charge in [0.15, 0.2) is 0 Å². The van der Waals surface area contributed by atoms with Crippen LogP contribution in [0.15, 0.2) is 30.3 Å². The number of hydrogen-bond acceptors (Lipinski definition) is 2. The van der Waals surface area contributed by atoms with E-state index in [1.807, 2.05) is 6.92 Å². The van der Waals surface area contributed by atoms with Gasteiger partial charge in [-0.1, -0.05) is 32.9 Å². The van der Waals surface area contributed by atoms with Crippen LogP contribution in [0.2, 0.25) is 0 Å². The van der Waals surface area contributed by atoms with Crippen molar-refractivity contribution in [2.45, 2.75) is 33.2 Å². The highest BCUT2D eigenvalue weighted by molar-refractivity contribution is 5.94. The summed E-state index contributed by atoms with van der Waals surface area (Å²) in [5.74, 6) is -0.699. The summed E-state index contributed by atoms with van der Waals surface area (Å²) in [6.07, 6.45) is 3.46.